The number of rotatable bonds is 4. The minimum absolute atomic E-state index is 0.218. The van der Waals surface area contributed by atoms with Gasteiger partial charge in [0.2, 0.25) is 5.91 Å². The zero-order chi connectivity index (χ0) is 14.7. The molecule has 4 N–H and O–H groups in total. The summed E-state index contributed by atoms with van der Waals surface area (Å²) >= 11 is 0. The third-order valence-corrected chi connectivity index (χ3v) is 3.83. The molecule has 2 amide bonds. The van der Waals surface area contributed by atoms with Crippen molar-refractivity contribution in [2.45, 2.75) is 32.6 Å². The molecule has 0 aromatic heterocycles. The number of piperidine rings is 1. The van der Waals surface area contributed by atoms with Crippen LogP contribution < -0.4 is 16.4 Å². The van der Waals surface area contributed by atoms with E-state index in [1.807, 2.05) is 13.0 Å². The molecule has 5 nitrogen and oxygen atoms in total. The Balaban J connectivity index is 2.62. The highest BCUT2D eigenvalue weighted by molar-refractivity contribution is 6.10. The van der Waals surface area contributed by atoms with E-state index in [1.54, 1.807) is 6.07 Å². The molecule has 108 valence electrons. The maximum Gasteiger partial charge on any atom is 0.251 e. The number of carbonyl (C=O) groups excluding carboxylic acids is 2. The summed E-state index contributed by atoms with van der Waals surface area (Å²) in [6.45, 7) is 3.79. The SMILES string of the molecule is CCc1ccc(C(N)=O)c(C(N)=O)c1N1CCCCC1. The fourth-order valence-electron chi connectivity index (χ4n) is 2.85. The van der Waals surface area contributed by atoms with E-state index in [-0.39, 0.29) is 11.1 Å². The van der Waals surface area contributed by atoms with Gasteiger partial charge in [-0.05, 0) is 37.3 Å². The van der Waals surface area contributed by atoms with Gasteiger partial charge in [0, 0.05) is 13.1 Å². The maximum absolute atomic E-state index is 11.8. The van der Waals surface area contributed by atoms with Gasteiger partial charge in [-0.3, -0.25) is 9.59 Å². The van der Waals surface area contributed by atoms with E-state index in [1.165, 1.54) is 6.42 Å². The molecular formula is C15H21N3O2. The van der Waals surface area contributed by atoms with Crippen molar-refractivity contribution in [3.8, 4) is 0 Å². The molecule has 1 aromatic carbocycles. The average molecular weight is 275 g/mol. The van der Waals surface area contributed by atoms with Gasteiger partial charge in [-0.25, -0.2) is 0 Å². The van der Waals surface area contributed by atoms with Gasteiger partial charge in [-0.1, -0.05) is 13.0 Å². The van der Waals surface area contributed by atoms with Crippen molar-refractivity contribution in [3.05, 3.63) is 28.8 Å². The molecule has 0 aliphatic carbocycles. The smallest absolute Gasteiger partial charge is 0.251 e. The Morgan fingerprint density at radius 3 is 2.25 bits per heavy atom. The first-order chi connectivity index (χ1) is 9.56. The van der Waals surface area contributed by atoms with E-state index < -0.39 is 11.8 Å². The van der Waals surface area contributed by atoms with E-state index in [0.29, 0.717) is 0 Å². The number of anilines is 1. The van der Waals surface area contributed by atoms with E-state index in [2.05, 4.69) is 4.90 Å². The number of benzene rings is 1. The van der Waals surface area contributed by atoms with Crippen LogP contribution in [0.2, 0.25) is 0 Å². The molecule has 0 spiro atoms. The van der Waals surface area contributed by atoms with Crippen molar-refractivity contribution in [2.75, 3.05) is 18.0 Å². The number of amides is 2. The fourth-order valence-corrected chi connectivity index (χ4v) is 2.85. The zero-order valence-electron chi connectivity index (χ0n) is 11.8. The molecule has 1 heterocycles. The van der Waals surface area contributed by atoms with Crippen LogP contribution in [0.1, 0.15) is 52.5 Å². The Bertz CT molecular complexity index is 534. The van der Waals surface area contributed by atoms with Crippen molar-refractivity contribution in [2.24, 2.45) is 11.5 Å². The maximum atomic E-state index is 11.8. The normalized spacial score (nSPS) is 15.2. The highest BCUT2D eigenvalue weighted by Gasteiger charge is 2.24. The van der Waals surface area contributed by atoms with Crippen LogP contribution in [0.4, 0.5) is 5.69 Å². The molecule has 0 unspecified atom stereocenters. The highest BCUT2D eigenvalue weighted by atomic mass is 16.2. The van der Waals surface area contributed by atoms with E-state index in [4.69, 9.17) is 11.5 Å². The van der Waals surface area contributed by atoms with Crippen LogP contribution in [0, 0.1) is 0 Å². The van der Waals surface area contributed by atoms with Crippen molar-refractivity contribution in [1.82, 2.24) is 0 Å². The van der Waals surface area contributed by atoms with Crippen molar-refractivity contribution < 1.29 is 9.59 Å². The van der Waals surface area contributed by atoms with E-state index in [0.717, 1.165) is 43.6 Å². The number of hydrogen-bond acceptors (Lipinski definition) is 3. The molecule has 1 aliphatic rings. The molecule has 2 rings (SSSR count). The lowest BCUT2D eigenvalue weighted by atomic mass is 9.96. The van der Waals surface area contributed by atoms with Gasteiger partial charge in [-0.15, -0.1) is 0 Å². The molecule has 0 radical (unpaired) electrons. The predicted molar refractivity (Wildman–Crippen MR) is 78.9 cm³/mol. The molecule has 0 atom stereocenters. The van der Waals surface area contributed by atoms with Crippen LogP contribution in [0.5, 0.6) is 0 Å². The van der Waals surface area contributed by atoms with Gasteiger partial charge in [0.25, 0.3) is 5.91 Å². The standard InChI is InChI=1S/C15H21N3O2/c1-2-10-6-7-11(14(16)19)12(15(17)20)13(10)18-8-4-3-5-9-18/h6-7H,2-5,8-9H2,1H3,(H2,16,19)(H2,17,20). The number of aryl methyl sites for hydroxylation is 1. The lowest BCUT2D eigenvalue weighted by Gasteiger charge is -2.32. The third-order valence-electron chi connectivity index (χ3n) is 3.83. The zero-order valence-corrected chi connectivity index (χ0v) is 11.8. The number of primary amides is 2. The molecule has 5 heteroatoms. The van der Waals surface area contributed by atoms with Crippen LogP contribution in [0.15, 0.2) is 12.1 Å². The molecule has 1 saturated heterocycles. The summed E-state index contributed by atoms with van der Waals surface area (Å²) in [5.74, 6) is -1.20. The van der Waals surface area contributed by atoms with Gasteiger partial charge in [0.05, 0.1) is 16.8 Å². The summed E-state index contributed by atoms with van der Waals surface area (Å²) in [5.41, 5.74) is 13.2. The average Bonchev–Trinajstić information content (AvgIpc) is 2.46. The second kappa shape index (κ2) is 5.94. The Morgan fingerprint density at radius 1 is 1.10 bits per heavy atom. The summed E-state index contributed by atoms with van der Waals surface area (Å²) < 4.78 is 0. The second-order valence-electron chi connectivity index (χ2n) is 5.13. The molecule has 1 fully saturated rings. The van der Waals surface area contributed by atoms with Gasteiger partial charge < -0.3 is 16.4 Å². The Hall–Kier alpha value is -2.04. The first-order valence-electron chi connectivity index (χ1n) is 7.06. The van der Waals surface area contributed by atoms with Crippen LogP contribution >= 0.6 is 0 Å². The van der Waals surface area contributed by atoms with Crippen LogP contribution in [0.25, 0.3) is 0 Å². The molecule has 1 aromatic rings. The highest BCUT2D eigenvalue weighted by Crippen LogP contribution is 2.31. The summed E-state index contributed by atoms with van der Waals surface area (Å²) in [7, 11) is 0. The van der Waals surface area contributed by atoms with Crippen LogP contribution in [-0.4, -0.2) is 24.9 Å². The Morgan fingerprint density at radius 2 is 1.75 bits per heavy atom. The minimum Gasteiger partial charge on any atom is -0.371 e. The minimum atomic E-state index is -0.611. The Kier molecular flexibility index (Phi) is 4.27. The topological polar surface area (TPSA) is 89.4 Å². The Labute approximate surface area is 118 Å². The lowest BCUT2D eigenvalue weighted by Crippen LogP contribution is -2.34. The van der Waals surface area contributed by atoms with Crippen LogP contribution in [0.3, 0.4) is 0 Å². The van der Waals surface area contributed by atoms with E-state index >= 15 is 0 Å². The quantitative estimate of drug-likeness (QED) is 0.871. The summed E-state index contributed by atoms with van der Waals surface area (Å²) in [5, 5.41) is 0. The van der Waals surface area contributed by atoms with Gasteiger partial charge in [-0.2, -0.15) is 0 Å². The fraction of sp³-hybridized carbons (Fsp3) is 0.467. The van der Waals surface area contributed by atoms with E-state index in [9.17, 15) is 9.59 Å². The van der Waals surface area contributed by atoms with Gasteiger partial charge in [0.1, 0.15) is 0 Å². The molecule has 0 saturated carbocycles. The van der Waals surface area contributed by atoms with Crippen molar-refractivity contribution >= 4 is 17.5 Å². The van der Waals surface area contributed by atoms with Gasteiger partial charge in [0.15, 0.2) is 0 Å². The van der Waals surface area contributed by atoms with Gasteiger partial charge >= 0.3 is 0 Å². The third kappa shape index (κ3) is 2.61. The summed E-state index contributed by atoms with van der Waals surface area (Å²) in [4.78, 5) is 25.6. The van der Waals surface area contributed by atoms with Crippen LogP contribution in [-0.2, 0) is 6.42 Å². The molecule has 20 heavy (non-hydrogen) atoms. The molecular weight excluding hydrogens is 254 g/mol. The molecule has 0 bridgehead atoms. The number of carbonyl (C=O) groups is 2. The second-order valence-corrected chi connectivity index (χ2v) is 5.13. The summed E-state index contributed by atoms with van der Waals surface area (Å²) in [6, 6.07) is 3.48. The first-order valence-corrected chi connectivity index (χ1v) is 7.06. The first kappa shape index (κ1) is 14.4. The lowest BCUT2D eigenvalue weighted by molar-refractivity contribution is 0.0967. The number of nitrogens with zero attached hydrogens (tertiary/aromatic N) is 1. The van der Waals surface area contributed by atoms with Crippen molar-refractivity contribution in [3.63, 3.8) is 0 Å². The largest absolute Gasteiger partial charge is 0.371 e. The monoisotopic (exact) mass is 275 g/mol. The van der Waals surface area contributed by atoms with Crippen molar-refractivity contribution in [1.29, 1.82) is 0 Å². The number of hydrogen-bond donors (Lipinski definition) is 2. The summed E-state index contributed by atoms with van der Waals surface area (Å²) in [6.07, 6.45) is 4.15. The predicted octanol–water partition coefficient (Wildman–Crippen LogP) is 1.44. The molecule has 1 aliphatic heterocycles. The number of nitrogens with two attached hydrogens (primary N) is 2.